The number of hydrogen-bond donors (Lipinski definition) is 1. The first-order valence-corrected chi connectivity index (χ1v) is 5.73. The normalized spacial score (nSPS) is 11.2. The molecule has 19 heavy (non-hydrogen) atoms. The molecular formula is C12H9N7. The number of fused-ring (bicyclic) bond motifs is 1. The molecule has 0 aliphatic carbocycles. The summed E-state index contributed by atoms with van der Waals surface area (Å²) in [5, 5.41) is 0.946. The van der Waals surface area contributed by atoms with Crippen molar-refractivity contribution in [2.24, 2.45) is 0 Å². The molecule has 7 nitrogen and oxygen atoms in total. The van der Waals surface area contributed by atoms with Gasteiger partial charge in [0.1, 0.15) is 18.3 Å². The van der Waals surface area contributed by atoms with E-state index in [-0.39, 0.29) is 0 Å². The summed E-state index contributed by atoms with van der Waals surface area (Å²) in [5.41, 5.74) is 0.780. The zero-order chi connectivity index (χ0) is 12.7. The SMILES string of the molecule is c1cn(-c2nc(-n3ccnc3)c3cc[nH]c3n2)cn1. The Morgan fingerprint density at radius 3 is 2.47 bits per heavy atom. The van der Waals surface area contributed by atoms with Crippen molar-refractivity contribution in [1.82, 2.24) is 34.1 Å². The van der Waals surface area contributed by atoms with Crippen molar-refractivity contribution in [2.75, 3.05) is 0 Å². The van der Waals surface area contributed by atoms with E-state index >= 15 is 0 Å². The maximum absolute atomic E-state index is 4.57. The van der Waals surface area contributed by atoms with E-state index in [1.165, 1.54) is 0 Å². The van der Waals surface area contributed by atoms with Crippen LogP contribution < -0.4 is 0 Å². The summed E-state index contributed by atoms with van der Waals surface area (Å²) in [6.45, 7) is 0. The third kappa shape index (κ3) is 1.52. The molecule has 4 aromatic rings. The summed E-state index contributed by atoms with van der Waals surface area (Å²) in [6, 6.07) is 1.95. The zero-order valence-corrected chi connectivity index (χ0v) is 9.80. The Morgan fingerprint density at radius 1 is 0.947 bits per heavy atom. The smallest absolute Gasteiger partial charge is 0.238 e. The number of imidazole rings is 2. The van der Waals surface area contributed by atoms with Crippen LogP contribution >= 0.6 is 0 Å². The van der Waals surface area contributed by atoms with E-state index < -0.39 is 0 Å². The van der Waals surface area contributed by atoms with Gasteiger partial charge < -0.3 is 4.98 Å². The van der Waals surface area contributed by atoms with Crippen LogP contribution in [0.3, 0.4) is 0 Å². The summed E-state index contributed by atoms with van der Waals surface area (Å²) in [5.74, 6) is 1.35. The van der Waals surface area contributed by atoms with Crippen LogP contribution in [-0.2, 0) is 0 Å². The summed E-state index contributed by atoms with van der Waals surface area (Å²) in [7, 11) is 0. The average Bonchev–Trinajstić information content (AvgIpc) is 3.18. The van der Waals surface area contributed by atoms with Gasteiger partial charge in [-0.3, -0.25) is 9.13 Å². The van der Waals surface area contributed by atoms with E-state index in [0.717, 1.165) is 16.9 Å². The fourth-order valence-electron chi connectivity index (χ4n) is 1.99. The molecule has 4 heterocycles. The van der Waals surface area contributed by atoms with Crippen molar-refractivity contribution < 1.29 is 0 Å². The lowest BCUT2D eigenvalue weighted by Gasteiger charge is -2.06. The molecule has 0 amide bonds. The molecule has 7 heteroatoms. The molecule has 1 N–H and O–H groups in total. The highest BCUT2D eigenvalue weighted by atomic mass is 15.2. The molecule has 4 aromatic heterocycles. The van der Waals surface area contributed by atoms with Crippen LogP contribution in [0, 0.1) is 0 Å². The molecule has 0 radical (unpaired) electrons. The maximum Gasteiger partial charge on any atom is 0.238 e. The van der Waals surface area contributed by atoms with Crippen LogP contribution in [-0.4, -0.2) is 34.1 Å². The van der Waals surface area contributed by atoms with Gasteiger partial charge in [-0.15, -0.1) is 0 Å². The van der Waals surface area contributed by atoms with E-state index in [1.54, 1.807) is 29.6 Å². The summed E-state index contributed by atoms with van der Waals surface area (Å²) >= 11 is 0. The number of rotatable bonds is 2. The lowest BCUT2D eigenvalue weighted by molar-refractivity contribution is 0.902. The molecule has 92 valence electrons. The Hall–Kier alpha value is -2.96. The molecule has 0 aromatic carbocycles. The quantitative estimate of drug-likeness (QED) is 0.583. The average molecular weight is 251 g/mol. The van der Waals surface area contributed by atoms with Crippen molar-refractivity contribution in [3.63, 3.8) is 0 Å². The molecule has 0 unspecified atom stereocenters. The minimum Gasteiger partial charge on any atom is -0.346 e. The molecule has 4 rings (SSSR count). The Morgan fingerprint density at radius 2 is 1.74 bits per heavy atom. The van der Waals surface area contributed by atoms with Crippen molar-refractivity contribution in [2.45, 2.75) is 0 Å². The summed E-state index contributed by atoms with van der Waals surface area (Å²) < 4.78 is 3.62. The maximum atomic E-state index is 4.57. The van der Waals surface area contributed by atoms with Crippen LogP contribution in [0.25, 0.3) is 22.8 Å². The fourth-order valence-corrected chi connectivity index (χ4v) is 1.99. The molecule has 0 bridgehead atoms. The van der Waals surface area contributed by atoms with Crippen LogP contribution in [0.4, 0.5) is 0 Å². The van der Waals surface area contributed by atoms with Gasteiger partial charge in [0.25, 0.3) is 0 Å². The van der Waals surface area contributed by atoms with E-state index in [0.29, 0.717) is 5.95 Å². The fraction of sp³-hybridized carbons (Fsp3) is 0. The van der Waals surface area contributed by atoms with Crippen LogP contribution in [0.1, 0.15) is 0 Å². The van der Waals surface area contributed by atoms with E-state index in [2.05, 4.69) is 24.9 Å². The Labute approximate surface area is 107 Å². The molecule has 0 aliphatic rings. The number of H-pyrrole nitrogens is 1. The van der Waals surface area contributed by atoms with Gasteiger partial charge in [-0.05, 0) is 6.07 Å². The second-order valence-corrected chi connectivity index (χ2v) is 4.03. The van der Waals surface area contributed by atoms with Gasteiger partial charge in [-0.2, -0.15) is 9.97 Å². The molecule has 0 spiro atoms. The van der Waals surface area contributed by atoms with Gasteiger partial charge in [-0.25, -0.2) is 9.97 Å². The van der Waals surface area contributed by atoms with Gasteiger partial charge in [0.05, 0.1) is 5.39 Å². The van der Waals surface area contributed by atoms with Crippen molar-refractivity contribution in [3.05, 3.63) is 49.7 Å². The molecule has 0 saturated heterocycles. The lowest BCUT2D eigenvalue weighted by Crippen LogP contribution is -2.04. The van der Waals surface area contributed by atoms with Crippen molar-refractivity contribution in [3.8, 4) is 11.8 Å². The van der Waals surface area contributed by atoms with Gasteiger partial charge in [0.15, 0.2) is 5.82 Å². The van der Waals surface area contributed by atoms with Crippen molar-refractivity contribution in [1.29, 1.82) is 0 Å². The largest absolute Gasteiger partial charge is 0.346 e. The highest BCUT2D eigenvalue weighted by Crippen LogP contribution is 2.19. The van der Waals surface area contributed by atoms with Gasteiger partial charge in [0.2, 0.25) is 5.95 Å². The number of nitrogens with zero attached hydrogens (tertiary/aromatic N) is 6. The van der Waals surface area contributed by atoms with E-state index in [9.17, 15) is 0 Å². The Balaban J connectivity index is 2.03. The number of nitrogens with one attached hydrogen (secondary N) is 1. The standard InChI is InChI=1S/C12H9N7/c1-2-15-10-9(1)11(18-5-3-13-7-18)17-12(16-10)19-6-4-14-8-19/h1-8H,(H,15,16,17). The third-order valence-corrected chi connectivity index (χ3v) is 2.87. The summed E-state index contributed by atoms with van der Waals surface area (Å²) in [4.78, 5) is 20.2. The third-order valence-electron chi connectivity index (χ3n) is 2.87. The monoisotopic (exact) mass is 251 g/mol. The number of aromatic amines is 1. The van der Waals surface area contributed by atoms with Crippen LogP contribution in [0.5, 0.6) is 0 Å². The summed E-state index contributed by atoms with van der Waals surface area (Å²) in [6.07, 6.45) is 12.3. The Bertz CT molecular complexity index is 811. The van der Waals surface area contributed by atoms with Gasteiger partial charge in [-0.1, -0.05) is 0 Å². The molecule has 0 fully saturated rings. The van der Waals surface area contributed by atoms with Gasteiger partial charge >= 0.3 is 0 Å². The van der Waals surface area contributed by atoms with Gasteiger partial charge in [0, 0.05) is 31.0 Å². The zero-order valence-electron chi connectivity index (χ0n) is 9.80. The van der Waals surface area contributed by atoms with Crippen molar-refractivity contribution >= 4 is 11.0 Å². The lowest BCUT2D eigenvalue weighted by atomic mass is 10.4. The highest BCUT2D eigenvalue weighted by Gasteiger charge is 2.10. The highest BCUT2D eigenvalue weighted by molar-refractivity contribution is 5.83. The minimum atomic E-state index is 0.566. The predicted molar refractivity (Wildman–Crippen MR) is 68.1 cm³/mol. The predicted octanol–water partition coefficient (Wildman–Crippen LogP) is 1.33. The minimum absolute atomic E-state index is 0.566. The molecule has 0 atom stereocenters. The van der Waals surface area contributed by atoms with E-state index in [4.69, 9.17) is 0 Å². The van der Waals surface area contributed by atoms with Crippen LogP contribution in [0.2, 0.25) is 0 Å². The first-order chi connectivity index (χ1) is 9.42. The molecular weight excluding hydrogens is 242 g/mol. The second-order valence-electron chi connectivity index (χ2n) is 4.03. The second kappa shape index (κ2) is 3.77. The first kappa shape index (κ1) is 10.0. The van der Waals surface area contributed by atoms with E-state index in [1.807, 2.05) is 29.2 Å². The molecule has 0 aliphatic heterocycles. The molecule has 0 saturated carbocycles. The number of hydrogen-bond acceptors (Lipinski definition) is 4. The first-order valence-electron chi connectivity index (χ1n) is 5.73. The Kier molecular flexibility index (Phi) is 1.99. The topological polar surface area (TPSA) is 77.2 Å². The number of aromatic nitrogens is 7. The van der Waals surface area contributed by atoms with Crippen LogP contribution in [0.15, 0.2) is 49.7 Å².